The first-order valence-electron chi connectivity index (χ1n) is 9.78. The van der Waals surface area contributed by atoms with E-state index < -0.39 is 12.1 Å². The number of hydrogen-bond donors (Lipinski definition) is 2. The van der Waals surface area contributed by atoms with E-state index >= 15 is 0 Å². The number of hydrogen-bond acceptors (Lipinski definition) is 4. The summed E-state index contributed by atoms with van der Waals surface area (Å²) in [5.74, 6) is -0.155. The Balaban J connectivity index is 1.70. The highest BCUT2D eigenvalue weighted by atomic mass is 35.5. The molecule has 0 aliphatic carbocycles. The summed E-state index contributed by atoms with van der Waals surface area (Å²) in [5, 5.41) is 13.2. The van der Waals surface area contributed by atoms with E-state index in [1.54, 1.807) is 37.3 Å². The van der Waals surface area contributed by atoms with E-state index in [0.717, 1.165) is 5.69 Å². The Morgan fingerprint density at radius 3 is 2.66 bits per heavy atom. The molecule has 0 saturated carbocycles. The van der Waals surface area contributed by atoms with Crippen LogP contribution in [-0.2, 0) is 4.79 Å². The summed E-state index contributed by atoms with van der Waals surface area (Å²) >= 11 is 5.95. The average molecular weight is 421 g/mol. The number of carbonyl (C=O) groups excluding carboxylic acids is 1. The first-order chi connectivity index (χ1) is 13.8. The van der Waals surface area contributed by atoms with Crippen LogP contribution in [0.3, 0.4) is 0 Å². The second-order valence-corrected chi connectivity index (χ2v) is 7.81. The number of aliphatic hydroxyl groups is 1. The van der Waals surface area contributed by atoms with Gasteiger partial charge in [0.25, 0.3) is 5.91 Å². The minimum atomic E-state index is -0.738. The summed E-state index contributed by atoms with van der Waals surface area (Å²) in [5.41, 5.74) is 1.57. The van der Waals surface area contributed by atoms with Crippen LogP contribution in [0, 0.1) is 5.82 Å². The fourth-order valence-corrected chi connectivity index (χ4v) is 3.65. The highest BCUT2D eigenvalue weighted by molar-refractivity contribution is 6.30. The third-order valence-electron chi connectivity index (χ3n) is 5.10. The van der Waals surface area contributed by atoms with Gasteiger partial charge in [0, 0.05) is 29.4 Å². The van der Waals surface area contributed by atoms with Crippen LogP contribution in [-0.4, -0.2) is 36.3 Å². The van der Waals surface area contributed by atoms with Crippen LogP contribution in [0.15, 0.2) is 42.5 Å². The summed E-state index contributed by atoms with van der Waals surface area (Å²) < 4.78 is 19.6. The van der Waals surface area contributed by atoms with E-state index in [9.17, 15) is 14.3 Å². The van der Waals surface area contributed by atoms with E-state index in [-0.39, 0.29) is 17.8 Å². The van der Waals surface area contributed by atoms with Gasteiger partial charge in [-0.3, -0.25) is 4.79 Å². The van der Waals surface area contributed by atoms with Crippen molar-refractivity contribution in [1.82, 2.24) is 5.32 Å². The largest absolute Gasteiger partial charge is 0.481 e. The molecule has 156 valence electrons. The second-order valence-electron chi connectivity index (χ2n) is 7.37. The molecular formula is C22H26ClFN2O3. The summed E-state index contributed by atoms with van der Waals surface area (Å²) in [7, 11) is 0. The van der Waals surface area contributed by atoms with Gasteiger partial charge in [0.1, 0.15) is 11.6 Å². The Morgan fingerprint density at radius 2 is 1.97 bits per heavy atom. The van der Waals surface area contributed by atoms with Gasteiger partial charge in [-0.25, -0.2) is 4.39 Å². The molecule has 2 unspecified atom stereocenters. The second kappa shape index (κ2) is 9.46. The first kappa shape index (κ1) is 21.4. The molecule has 2 aromatic rings. The van der Waals surface area contributed by atoms with Crippen LogP contribution in [0.4, 0.5) is 10.1 Å². The maximum absolute atomic E-state index is 13.9. The Kier molecular flexibility index (Phi) is 6.98. The summed E-state index contributed by atoms with van der Waals surface area (Å²) in [6.45, 7) is 4.85. The van der Waals surface area contributed by atoms with E-state index in [2.05, 4.69) is 10.2 Å². The van der Waals surface area contributed by atoms with Gasteiger partial charge < -0.3 is 20.1 Å². The van der Waals surface area contributed by atoms with Crippen LogP contribution in [0.5, 0.6) is 5.75 Å². The molecule has 1 aliphatic heterocycles. The standard InChI is InChI=1S/C22H26ClFN2O3/c1-14(25-22(28)15(2)29-19-5-3-4-16(23)12-19)20-13-17(24)6-7-21(20)26-10-8-18(27)9-11-26/h3-7,12-15,18,27H,8-11H2,1-2H3,(H,25,28). The molecule has 1 fully saturated rings. The summed E-state index contributed by atoms with van der Waals surface area (Å²) in [4.78, 5) is 14.7. The molecule has 7 heteroatoms. The van der Waals surface area contributed by atoms with Gasteiger partial charge in [-0.1, -0.05) is 17.7 Å². The van der Waals surface area contributed by atoms with Gasteiger partial charge in [0.15, 0.2) is 6.10 Å². The summed E-state index contributed by atoms with van der Waals surface area (Å²) in [6, 6.07) is 11.0. The molecule has 29 heavy (non-hydrogen) atoms. The van der Waals surface area contributed by atoms with E-state index in [0.29, 0.717) is 42.3 Å². The van der Waals surface area contributed by atoms with E-state index in [4.69, 9.17) is 16.3 Å². The van der Waals surface area contributed by atoms with E-state index in [1.165, 1.54) is 12.1 Å². The van der Waals surface area contributed by atoms with Crippen molar-refractivity contribution >= 4 is 23.2 Å². The number of rotatable bonds is 6. The minimum absolute atomic E-state index is 0.295. The van der Waals surface area contributed by atoms with Gasteiger partial charge >= 0.3 is 0 Å². The van der Waals surface area contributed by atoms with Crippen molar-refractivity contribution in [2.75, 3.05) is 18.0 Å². The number of nitrogens with zero attached hydrogens (tertiary/aromatic N) is 1. The van der Waals surface area contributed by atoms with Gasteiger partial charge in [0.05, 0.1) is 12.1 Å². The predicted molar refractivity (Wildman–Crippen MR) is 112 cm³/mol. The number of carbonyl (C=O) groups is 1. The monoisotopic (exact) mass is 420 g/mol. The maximum atomic E-state index is 13.9. The predicted octanol–water partition coefficient (Wildman–Crippen LogP) is 4.08. The molecule has 2 atom stereocenters. The van der Waals surface area contributed by atoms with Crippen molar-refractivity contribution in [2.45, 2.75) is 44.9 Å². The Bertz CT molecular complexity index is 856. The van der Waals surface area contributed by atoms with Gasteiger partial charge in [-0.2, -0.15) is 0 Å². The zero-order valence-electron chi connectivity index (χ0n) is 16.6. The zero-order valence-corrected chi connectivity index (χ0v) is 17.3. The van der Waals surface area contributed by atoms with Crippen LogP contribution >= 0.6 is 11.6 Å². The first-order valence-corrected chi connectivity index (χ1v) is 10.2. The van der Waals surface area contributed by atoms with Gasteiger partial charge in [0.2, 0.25) is 0 Å². The molecule has 1 amide bonds. The molecule has 2 aromatic carbocycles. The Labute approximate surface area is 175 Å². The molecule has 0 spiro atoms. The van der Waals surface area contributed by atoms with Gasteiger partial charge in [-0.15, -0.1) is 0 Å². The lowest BCUT2D eigenvalue weighted by molar-refractivity contribution is -0.127. The lowest BCUT2D eigenvalue weighted by atomic mass is 10.0. The number of piperidine rings is 1. The van der Waals surface area contributed by atoms with Crippen LogP contribution < -0.4 is 15.0 Å². The number of benzene rings is 2. The fourth-order valence-electron chi connectivity index (χ4n) is 3.47. The third kappa shape index (κ3) is 5.61. The normalized spacial score (nSPS) is 16.9. The average Bonchev–Trinajstić information content (AvgIpc) is 2.68. The molecular weight excluding hydrogens is 395 g/mol. The quantitative estimate of drug-likeness (QED) is 0.739. The van der Waals surface area contributed by atoms with Crippen LogP contribution in [0.2, 0.25) is 5.02 Å². The highest BCUT2D eigenvalue weighted by Gasteiger charge is 2.24. The van der Waals surface area contributed by atoms with Crippen LogP contribution in [0.1, 0.15) is 38.3 Å². The van der Waals surface area contributed by atoms with E-state index in [1.807, 2.05) is 6.92 Å². The number of aliphatic hydroxyl groups excluding tert-OH is 1. The number of amides is 1. The van der Waals surface area contributed by atoms with Crippen molar-refractivity contribution < 1.29 is 19.0 Å². The molecule has 5 nitrogen and oxygen atoms in total. The lowest BCUT2D eigenvalue weighted by Gasteiger charge is -2.34. The smallest absolute Gasteiger partial charge is 0.261 e. The number of halogens is 2. The molecule has 0 radical (unpaired) electrons. The molecule has 2 N–H and O–H groups in total. The van der Waals surface area contributed by atoms with Crippen molar-refractivity contribution in [3.63, 3.8) is 0 Å². The minimum Gasteiger partial charge on any atom is -0.481 e. The molecule has 3 rings (SSSR count). The zero-order chi connectivity index (χ0) is 21.0. The number of ether oxygens (including phenoxy) is 1. The van der Waals surface area contributed by atoms with Crippen molar-refractivity contribution in [3.05, 3.63) is 58.9 Å². The maximum Gasteiger partial charge on any atom is 0.261 e. The SMILES string of the molecule is CC(Oc1cccc(Cl)c1)C(=O)NC(C)c1cc(F)ccc1N1CCC(O)CC1. The molecule has 0 bridgehead atoms. The van der Waals surface area contributed by atoms with Gasteiger partial charge in [-0.05, 0) is 63.1 Å². The lowest BCUT2D eigenvalue weighted by Crippen LogP contribution is -2.39. The number of nitrogens with one attached hydrogen (secondary N) is 1. The molecule has 1 saturated heterocycles. The van der Waals surface area contributed by atoms with Crippen molar-refractivity contribution in [3.8, 4) is 5.75 Å². The molecule has 1 aliphatic rings. The molecule has 0 aromatic heterocycles. The third-order valence-corrected chi connectivity index (χ3v) is 5.33. The van der Waals surface area contributed by atoms with Crippen molar-refractivity contribution in [2.24, 2.45) is 0 Å². The topological polar surface area (TPSA) is 61.8 Å². The Morgan fingerprint density at radius 1 is 1.24 bits per heavy atom. The van der Waals surface area contributed by atoms with Crippen molar-refractivity contribution in [1.29, 1.82) is 0 Å². The summed E-state index contributed by atoms with van der Waals surface area (Å²) in [6.07, 6.45) is 0.305. The Hall–Kier alpha value is -2.31. The number of anilines is 1. The fraction of sp³-hybridized carbons (Fsp3) is 0.409. The highest BCUT2D eigenvalue weighted by Crippen LogP contribution is 2.30. The molecule has 1 heterocycles. The van der Waals surface area contributed by atoms with Crippen LogP contribution in [0.25, 0.3) is 0 Å².